The maximum absolute atomic E-state index is 13.1. The molecule has 5 nitrogen and oxygen atoms in total. The summed E-state index contributed by atoms with van der Waals surface area (Å²) in [6.07, 6.45) is 2.01. The summed E-state index contributed by atoms with van der Waals surface area (Å²) >= 11 is 4.42. The topological polar surface area (TPSA) is 82.2 Å². The Balaban J connectivity index is 1.52. The highest BCUT2D eigenvalue weighted by Crippen LogP contribution is 2.29. The standard InChI is InChI=1S/C26H26N2O3S/c1-16(18-11-10-17-6-2-3-7-19(17)12-18)22(15-32)25(29)28-24(26(30)31)13-20-14-27-23-9-5-4-8-21(20)23/h2-12,14,16,22,24,27,32H,13,15H2,1H3,(H,28,29)(H,30,31)/t16?,22?,24-/m0/s1. The number of carboxylic acids is 1. The second kappa shape index (κ2) is 9.49. The highest BCUT2D eigenvalue weighted by Gasteiger charge is 2.29. The summed E-state index contributed by atoms with van der Waals surface area (Å²) in [6, 6.07) is 20.9. The van der Waals surface area contributed by atoms with Gasteiger partial charge < -0.3 is 15.4 Å². The Morgan fingerprint density at radius 1 is 1.03 bits per heavy atom. The van der Waals surface area contributed by atoms with Crippen LogP contribution in [0.4, 0.5) is 0 Å². The van der Waals surface area contributed by atoms with Crippen molar-refractivity contribution in [2.45, 2.75) is 25.3 Å². The smallest absolute Gasteiger partial charge is 0.326 e. The number of amides is 1. The first-order valence-electron chi connectivity index (χ1n) is 10.7. The molecule has 0 radical (unpaired) electrons. The fourth-order valence-corrected chi connectivity index (χ4v) is 4.67. The third kappa shape index (κ3) is 4.50. The van der Waals surface area contributed by atoms with Crippen molar-refractivity contribution >= 4 is 46.2 Å². The number of para-hydroxylation sites is 1. The van der Waals surface area contributed by atoms with Crippen LogP contribution in [0.25, 0.3) is 21.7 Å². The molecule has 32 heavy (non-hydrogen) atoms. The number of benzene rings is 3. The lowest BCUT2D eigenvalue weighted by atomic mass is 9.86. The summed E-state index contributed by atoms with van der Waals surface area (Å²) in [4.78, 5) is 28.2. The van der Waals surface area contributed by atoms with E-state index < -0.39 is 17.9 Å². The van der Waals surface area contributed by atoms with Gasteiger partial charge >= 0.3 is 5.97 Å². The Kier molecular flexibility index (Phi) is 6.51. The second-order valence-electron chi connectivity index (χ2n) is 8.15. The normalized spacial score (nSPS) is 14.2. The zero-order valence-electron chi connectivity index (χ0n) is 17.8. The molecule has 0 aliphatic rings. The minimum atomic E-state index is -1.06. The van der Waals surface area contributed by atoms with Crippen molar-refractivity contribution in [3.8, 4) is 0 Å². The van der Waals surface area contributed by atoms with Crippen LogP contribution in [-0.4, -0.2) is 33.8 Å². The van der Waals surface area contributed by atoms with E-state index >= 15 is 0 Å². The molecule has 1 amide bonds. The highest BCUT2D eigenvalue weighted by molar-refractivity contribution is 7.80. The van der Waals surface area contributed by atoms with E-state index in [9.17, 15) is 14.7 Å². The molecule has 1 aromatic heterocycles. The summed E-state index contributed by atoms with van der Waals surface area (Å²) < 4.78 is 0. The quantitative estimate of drug-likeness (QED) is 0.294. The largest absolute Gasteiger partial charge is 0.480 e. The molecule has 0 saturated heterocycles. The van der Waals surface area contributed by atoms with E-state index in [2.05, 4.69) is 35.1 Å². The van der Waals surface area contributed by atoms with Crippen molar-refractivity contribution in [2.24, 2.45) is 5.92 Å². The van der Waals surface area contributed by atoms with E-state index in [1.807, 2.05) is 61.5 Å². The van der Waals surface area contributed by atoms with E-state index in [-0.39, 0.29) is 18.2 Å². The molecule has 4 rings (SSSR count). The summed E-state index contributed by atoms with van der Waals surface area (Å²) in [5.74, 6) is -1.60. The minimum absolute atomic E-state index is 0.111. The number of aliphatic carboxylic acids is 1. The van der Waals surface area contributed by atoms with Gasteiger partial charge in [0.1, 0.15) is 6.04 Å². The van der Waals surface area contributed by atoms with Crippen molar-refractivity contribution in [2.75, 3.05) is 5.75 Å². The van der Waals surface area contributed by atoms with E-state index in [4.69, 9.17) is 0 Å². The number of aromatic amines is 1. The fourth-order valence-electron chi connectivity index (χ4n) is 4.19. The second-order valence-corrected chi connectivity index (χ2v) is 8.51. The molecule has 3 N–H and O–H groups in total. The number of carbonyl (C=O) groups is 2. The molecule has 0 aliphatic carbocycles. The molecule has 0 aliphatic heterocycles. The van der Waals surface area contributed by atoms with Gasteiger partial charge in [-0.3, -0.25) is 4.79 Å². The lowest BCUT2D eigenvalue weighted by molar-refractivity contribution is -0.142. The zero-order chi connectivity index (χ0) is 22.7. The van der Waals surface area contributed by atoms with Gasteiger partial charge in [-0.05, 0) is 33.9 Å². The maximum atomic E-state index is 13.1. The number of H-pyrrole nitrogens is 1. The van der Waals surface area contributed by atoms with Crippen LogP contribution in [0.15, 0.2) is 72.9 Å². The summed E-state index contributed by atoms with van der Waals surface area (Å²) in [5.41, 5.74) is 2.83. The Labute approximate surface area is 192 Å². The van der Waals surface area contributed by atoms with E-state index in [0.717, 1.165) is 32.8 Å². The van der Waals surface area contributed by atoms with Gasteiger partial charge in [0.15, 0.2) is 0 Å². The van der Waals surface area contributed by atoms with Crippen molar-refractivity contribution in [1.82, 2.24) is 10.3 Å². The highest BCUT2D eigenvalue weighted by atomic mass is 32.1. The Hall–Kier alpha value is -3.25. The zero-order valence-corrected chi connectivity index (χ0v) is 18.7. The summed E-state index contributed by atoms with van der Waals surface area (Å²) in [7, 11) is 0. The monoisotopic (exact) mass is 446 g/mol. The number of rotatable bonds is 8. The first-order chi connectivity index (χ1) is 15.5. The molecule has 0 fully saturated rings. The molecule has 3 aromatic carbocycles. The number of thiol groups is 1. The van der Waals surface area contributed by atoms with Crippen molar-refractivity contribution in [3.05, 3.63) is 84.1 Å². The van der Waals surface area contributed by atoms with Gasteiger partial charge in [0, 0.05) is 29.3 Å². The minimum Gasteiger partial charge on any atom is -0.480 e. The number of carbonyl (C=O) groups excluding carboxylic acids is 1. The first-order valence-corrected chi connectivity index (χ1v) is 11.3. The number of aromatic nitrogens is 1. The fraction of sp³-hybridized carbons (Fsp3) is 0.231. The third-order valence-corrected chi connectivity index (χ3v) is 6.54. The van der Waals surface area contributed by atoms with Crippen molar-refractivity contribution in [1.29, 1.82) is 0 Å². The molecular formula is C26H26N2O3S. The van der Waals surface area contributed by atoms with Crippen LogP contribution in [0.3, 0.4) is 0 Å². The van der Waals surface area contributed by atoms with Gasteiger partial charge in [0.25, 0.3) is 0 Å². The van der Waals surface area contributed by atoms with Crippen LogP contribution in [0, 0.1) is 5.92 Å². The molecule has 0 saturated carbocycles. The summed E-state index contributed by atoms with van der Waals surface area (Å²) in [5, 5.41) is 15.7. The average molecular weight is 447 g/mol. The SMILES string of the molecule is CC(c1ccc2ccccc2c1)C(CS)C(=O)N[C@@H](Cc1c[nH]c2ccccc12)C(=O)O. The van der Waals surface area contributed by atoms with Crippen molar-refractivity contribution < 1.29 is 14.7 Å². The molecule has 164 valence electrons. The molecule has 0 bridgehead atoms. The van der Waals surface area contributed by atoms with Gasteiger partial charge in [-0.15, -0.1) is 0 Å². The predicted octanol–water partition coefficient (Wildman–Crippen LogP) is 4.78. The Bertz CT molecular complexity index is 1270. The van der Waals surface area contributed by atoms with Crippen molar-refractivity contribution in [3.63, 3.8) is 0 Å². The van der Waals surface area contributed by atoms with Crippen LogP contribution in [0.1, 0.15) is 24.0 Å². The predicted molar refractivity (Wildman–Crippen MR) is 131 cm³/mol. The molecule has 3 atom stereocenters. The lowest BCUT2D eigenvalue weighted by Gasteiger charge is -2.24. The molecule has 1 heterocycles. The number of carboxylic acid groups (broad SMARTS) is 1. The van der Waals surface area contributed by atoms with Crippen LogP contribution < -0.4 is 5.32 Å². The number of fused-ring (bicyclic) bond motifs is 2. The molecule has 4 aromatic rings. The van der Waals surface area contributed by atoms with Gasteiger partial charge in [-0.25, -0.2) is 4.79 Å². The molecule has 2 unspecified atom stereocenters. The molecule has 0 spiro atoms. The van der Waals surface area contributed by atoms with Gasteiger partial charge in [-0.1, -0.05) is 67.6 Å². The Morgan fingerprint density at radius 3 is 2.50 bits per heavy atom. The van der Waals surface area contributed by atoms with Crippen LogP contribution >= 0.6 is 12.6 Å². The average Bonchev–Trinajstić information content (AvgIpc) is 3.21. The van der Waals surface area contributed by atoms with E-state index in [1.165, 1.54) is 0 Å². The first kappa shape index (κ1) is 22.0. The Morgan fingerprint density at radius 2 is 1.75 bits per heavy atom. The van der Waals surface area contributed by atoms with Crippen LogP contribution in [0.5, 0.6) is 0 Å². The lowest BCUT2D eigenvalue weighted by Crippen LogP contribution is -2.46. The van der Waals surface area contributed by atoms with E-state index in [1.54, 1.807) is 6.20 Å². The third-order valence-electron chi connectivity index (χ3n) is 6.15. The number of hydrogen-bond donors (Lipinski definition) is 4. The van der Waals surface area contributed by atoms with Gasteiger partial charge in [0.05, 0.1) is 5.92 Å². The number of hydrogen-bond acceptors (Lipinski definition) is 3. The van der Waals surface area contributed by atoms with Crippen LogP contribution in [-0.2, 0) is 16.0 Å². The molecule has 6 heteroatoms. The van der Waals surface area contributed by atoms with Crippen LogP contribution in [0.2, 0.25) is 0 Å². The molecular weight excluding hydrogens is 420 g/mol. The summed E-state index contributed by atoms with van der Waals surface area (Å²) in [6.45, 7) is 1.99. The maximum Gasteiger partial charge on any atom is 0.326 e. The van der Waals surface area contributed by atoms with Gasteiger partial charge in [-0.2, -0.15) is 12.6 Å². The number of nitrogens with one attached hydrogen (secondary N) is 2. The van der Waals surface area contributed by atoms with Gasteiger partial charge in [0.2, 0.25) is 5.91 Å². The van der Waals surface area contributed by atoms with E-state index in [0.29, 0.717) is 5.75 Å².